The zero-order valence-electron chi connectivity index (χ0n) is 7.74. The molecular weight excluding hydrogens is 298 g/mol. The van der Waals surface area contributed by atoms with E-state index in [1.165, 1.54) is 6.07 Å². The van der Waals surface area contributed by atoms with Crippen molar-refractivity contribution in [2.75, 3.05) is 21.1 Å². The molecule has 1 aromatic rings. The fourth-order valence-electron chi connectivity index (χ4n) is 1.03. The van der Waals surface area contributed by atoms with E-state index in [1.54, 1.807) is 21.1 Å². The first kappa shape index (κ1) is 13.8. The van der Waals surface area contributed by atoms with Crippen LogP contribution in [0.2, 0.25) is 0 Å². The second kappa shape index (κ2) is 4.53. The Bertz CT molecular complexity index is 334. The van der Waals surface area contributed by atoms with Crippen molar-refractivity contribution < 1.29 is 13.2 Å². The Kier molecular flexibility index (Phi) is 4.45. The quantitative estimate of drug-likeness (QED) is 0.410. The van der Waals surface area contributed by atoms with E-state index in [2.05, 4.69) is 0 Å². The Morgan fingerprint density at radius 1 is 0.929 bits per heavy atom. The molecule has 0 radical (unpaired) electrons. The molecule has 0 aliphatic rings. The van der Waals surface area contributed by atoms with Crippen molar-refractivity contribution in [3.05, 3.63) is 29.6 Å². The molecule has 0 aliphatic carbocycles. The fraction of sp³-hybridized carbons (Fsp3) is 0.333. The molecule has 0 heterocycles. The van der Waals surface area contributed by atoms with Crippen LogP contribution >= 0.6 is 0 Å². The first-order valence-electron chi connectivity index (χ1n) is 3.79. The molecule has 0 aliphatic heterocycles. The number of quaternary nitrogens is 1. The van der Waals surface area contributed by atoms with E-state index in [9.17, 15) is 13.2 Å². The summed E-state index contributed by atoms with van der Waals surface area (Å²) >= 11 is 0. The third kappa shape index (κ3) is 2.63. The predicted molar refractivity (Wildman–Crippen MR) is 57.2 cm³/mol. The molecule has 1 rings (SSSR count). The Balaban J connectivity index is 0.00000169. The summed E-state index contributed by atoms with van der Waals surface area (Å²) in [4.78, 5) is 0. The van der Waals surface area contributed by atoms with Gasteiger partial charge in [-0.3, -0.25) is 4.48 Å². The van der Waals surface area contributed by atoms with Crippen LogP contribution in [-0.2, 0) is 0 Å². The van der Waals surface area contributed by atoms with Gasteiger partial charge < -0.3 is 0 Å². The Labute approximate surface area is 98.1 Å². The summed E-state index contributed by atoms with van der Waals surface area (Å²) in [5.74, 6) is -3.69. The second-order valence-electron chi connectivity index (χ2n) is 3.71. The maximum absolute atomic E-state index is 13.1. The monoisotopic (exact) mass is 314 g/mol. The van der Waals surface area contributed by atoms with E-state index >= 15 is 0 Å². The number of benzene rings is 1. The number of nitrogens with zero attached hydrogens (tertiary/aromatic N) is 1. The van der Waals surface area contributed by atoms with Gasteiger partial charge in [0.25, 0.3) is 0 Å². The van der Waals surface area contributed by atoms with Crippen LogP contribution in [0.25, 0.3) is 0 Å². The first-order chi connectivity index (χ1) is 5.84. The van der Waals surface area contributed by atoms with Crippen LogP contribution in [0.3, 0.4) is 0 Å². The number of hydrogen-bond acceptors (Lipinski definition) is 0. The molecule has 0 N–H and O–H groups in total. The second-order valence-corrected chi connectivity index (χ2v) is 3.71. The molecule has 0 bridgehead atoms. The van der Waals surface area contributed by atoms with E-state index in [0.29, 0.717) is 0 Å². The van der Waals surface area contributed by atoms with Gasteiger partial charge in [0.05, 0.1) is 21.1 Å². The number of halogens is 3. The van der Waals surface area contributed by atoms with Gasteiger partial charge in [0.2, 0.25) is 11.6 Å². The van der Waals surface area contributed by atoms with E-state index in [4.69, 9.17) is 0 Å². The third-order valence-electron chi connectivity index (χ3n) is 1.74. The van der Waals surface area contributed by atoms with Gasteiger partial charge in [0.1, 0.15) is 0 Å². The summed E-state index contributed by atoms with van der Waals surface area (Å²) < 4.78 is 38.5. The molecule has 1 aromatic carbocycles. The van der Waals surface area contributed by atoms with Gasteiger partial charge in [-0.1, -0.05) is 0 Å². The standard InChI is InChI=1S/C9H11F3N.Sn.4H/c1-13(2,3)7-5-4-6(10)8(11)9(7)12;;;;;/h4-5H,1-3H3;;;;;/q+1;;;;;. The molecule has 1 nitrogen and oxygen atoms in total. The molecular formula is C9H15F3NSn+. The number of rotatable bonds is 1. The molecule has 0 spiro atoms. The maximum atomic E-state index is 13.1. The van der Waals surface area contributed by atoms with E-state index in [-0.39, 0.29) is 34.1 Å². The minimum atomic E-state index is -1.41. The van der Waals surface area contributed by atoms with Gasteiger partial charge in [-0.25, -0.2) is 8.78 Å². The van der Waals surface area contributed by atoms with Gasteiger partial charge in [0.15, 0.2) is 11.5 Å². The molecule has 80 valence electrons. The Morgan fingerprint density at radius 3 is 1.86 bits per heavy atom. The normalized spacial score (nSPS) is 11.0. The molecule has 0 amide bonds. The average Bonchev–Trinajstić information content (AvgIpc) is 1.98. The first-order valence-corrected chi connectivity index (χ1v) is 3.79. The molecule has 14 heavy (non-hydrogen) atoms. The van der Waals surface area contributed by atoms with Crippen molar-refractivity contribution in [3.8, 4) is 0 Å². The van der Waals surface area contributed by atoms with Crippen molar-refractivity contribution in [1.82, 2.24) is 4.48 Å². The van der Waals surface area contributed by atoms with Gasteiger partial charge in [0, 0.05) is 6.07 Å². The van der Waals surface area contributed by atoms with Crippen molar-refractivity contribution in [2.24, 2.45) is 0 Å². The van der Waals surface area contributed by atoms with E-state index in [0.717, 1.165) is 6.07 Å². The summed E-state index contributed by atoms with van der Waals surface area (Å²) in [6.45, 7) is 0. The van der Waals surface area contributed by atoms with Gasteiger partial charge >= 0.3 is 23.9 Å². The van der Waals surface area contributed by atoms with Crippen molar-refractivity contribution in [2.45, 2.75) is 0 Å². The summed E-state index contributed by atoms with van der Waals surface area (Å²) in [5.41, 5.74) is 0.124. The molecule has 0 saturated carbocycles. The van der Waals surface area contributed by atoms with Gasteiger partial charge in [-0.15, -0.1) is 0 Å². The zero-order chi connectivity index (χ0) is 10.2. The molecule has 0 atom stereocenters. The fourth-order valence-corrected chi connectivity index (χ4v) is 1.03. The summed E-state index contributed by atoms with van der Waals surface area (Å²) in [7, 11) is 5.03. The van der Waals surface area contributed by atoms with Crippen molar-refractivity contribution >= 4 is 29.6 Å². The summed E-state index contributed by atoms with van der Waals surface area (Å²) in [6.07, 6.45) is 0. The molecule has 0 aromatic heterocycles. The Morgan fingerprint density at radius 2 is 1.43 bits per heavy atom. The topological polar surface area (TPSA) is 0 Å². The molecule has 5 heteroatoms. The van der Waals surface area contributed by atoms with Crippen molar-refractivity contribution in [3.63, 3.8) is 0 Å². The van der Waals surface area contributed by atoms with Crippen LogP contribution in [0.5, 0.6) is 0 Å². The Hall–Kier alpha value is -0.231. The van der Waals surface area contributed by atoms with Gasteiger partial charge in [-0.2, -0.15) is 4.39 Å². The SMILES string of the molecule is C[N+](C)(C)c1ccc(F)c(F)c1F.[SnH4]. The van der Waals surface area contributed by atoms with Crippen LogP contribution in [0.1, 0.15) is 0 Å². The van der Waals surface area contributed by atoms with Crippen LogP contribution in [-0.4, -0.2) is 45.1 Å². The predicted octanol–water partition coefficient (Wildman–Crippen LogP) is 0.849. The van der Waals surface area contributed by atoms with Gasteiger partial charge in [-0.05, 0) is 6.07 Å². The van der Waals surface area contributed by atoms with Crippen LogP contribution in [0.15, 0.2) is 12.1 Å². The molecule has 0 fully saturated rings. The molecule has 0 saturated heterocycles. The number of hydrogen-bond donors (Lipinski definition) is 0. The van der Waals surface area contributed by atoms with Crippen LogP contribution < -0.4 is 4.48 Å². The van der Waals surface area contributed by atoms with Crippen LogP contribution in [0.4, 0.5) is 18.9 Å². The average molecular weight is 313 g/mol. The zero-order valence-corrected chi connectivity index (χ0v) is 7.74. The van der Waals surface area contributed by atoms with Crippen LogP contribution in [0, 0.1) is 17.5 Å². The minimum absolute atomic E-state index is 0. The van der Waals surface area contributed by atoms with Crippen molar-refractivity contribution in [1.29, 1.82) is 0 Å². The third-order valence-corrected chi connectivity index (χ3v) is 1.74. The van der Waals surface area contributed by atoms with E-state index < -0.39 is 17.5 Å². The summed E-state index contributed by atoms with van der Waals surface area (Å²) in [5, 5.41) is 0. The molecule has 0 unspecified atom stereocenters. The van der Waals surface area contributed by atoms with E-state index in [1.807, 2.05) is 0 Å². The summed E-state index contributed by atoms with van der Waals surface area (Å²) in [6, 6.07) is 2.17.